The Kier molecular flexibility index (Phi) is 4.23. The SMILES string of the molecule is CC(=CB1OC(C)(C)C(C)(C)O1)C(=O)OC(C)(C)C. The lowest BCUT2D eigenvalue weighted by Crippen LogP contribution is -2.41. The van der Waals surface area contributed by atoms with Crippen LogP contribution in [0.2, 0.25) is 0 Å². The molecule has 0 unspecified atom stereocenters. The number of hydrogen-bond donors (Lipinski definition) is 0. The van der Waals surface area contributed by atoms with E-state index in [4.69, 9.17) is 14.0 Å². The van der Waals surface area contributed by atoms with E-state index < -0.39 is 23.9 Å². The molecule has 1 aliphatic heterocycles. The van der Waals surface area contributed by atoms with Crippen molar-refractivity contribution < 1.29 is 18.8 Å². The molecule has 19 heavy (non-hydrogen) atoms. The first-order valence-electron chi connectivity index (χ1n) is 6.61. The highest BCUT2D eigenvalue weighted by Crippen LogP contribution is 2.37. The number of carbonyl (C=O) groups excluding carboxylic acids is 1. The Bertz CT molecular complexity index is 375. The zero-order valence-corrected chi connectivity index (χ0v) is 13.3. The molecule has 1 saturated heterocycles. The molecule has 0 aliphatic carbocycles. The molecule has 0 aromatic heterocycles. The maximum Gasteiger partial charge on any atom is 0.487 e. The van der Waals surface area contributed by atoms with Crippen molar-refractivity contribution >= 4 is 13.1 Å². The average Bonchev–Trinajstić information content (AvgIpc) is 2.31. The molecule has 0 saturated carbocycles. The third kappa shape index (κ3) is 4.08. The summed E-state index contributed by atoms with van der Waals surface area (Å²) in [4.78, 5) is 11.9. The van der Waals surface area contributed by atoms with Crippen molar-refractivity contribution in [1.82, 2.24) is 0 Å². The Morgan fingerprint density at radius 1 is 1.11 bits per heavy atom. The highest BCUT2D eigenvalue weighted by molar-refractivity contribution is 6.52. The molecule has 0 amide bonds. The summed E-state index contributed by atoms with van der Waals surface area (Å²) in [7, 11) is -0.516. The quantitative estimate of drug-likeness (QED) is 0.439. The van der Waals surface area contributed by atoms with Crippen LogP contribution in [0.25, 0.3) is 0 Å². The number of rotatable bonds is 2. The molecule has 1 heterocycles. The van der Waals surface area contributed by atoms with E-state index in [-0.39, 0.29) is 5.97 Å². The van der Waals surface area contributed by atoms with Crippen LogP contribution in [-0.2, 0) is 18.8 Å². The van der Waals surface area contributed by atoms with Crippen molar-refractivity contribution in [1.29, 1.82) is 0 Å². The highest BCUT2D eigenvalue weighted by atomic mass is 16.7. The largest absolute Gasteiger partial charge is 0.487 e. The monoisotopic (exact) mass is 268 g/mol. The number of carbonyl (C=O) groups is 1. The van der Waals surface area contributed by atoms with E-state index in [0.29, 0.717) is 5.57 Å². The summed E-state index contributed by atoms with van der Waals surface area (Å²) in [6.07, 6.45) is 0. The highest BCUT2D eigenvalue weighted by Gasteiger charge is 2.50. The number of ether oxygens (including phenoxy) is 1. The molecule has 1 rings (SSSR count). The zero-order chi connectivity index (χ0) is 15.1. The van der Waals surface area contributed by atoms with Gasteiger partial charge in [-0.25, -0.2) is 4.79 Å². The van der Waals surface area contributed by atoms with Gasteiger partial charge in [0.1, 0.15) is 5.60 Å². The molecular weight excluding hydrogens is 243 g/mol. The molecule has 1 fully saturated rings. The van der Waals surface area contributed by atoms with Crippen molar-refractivity contribution in [2.24, 2.45) is 0 Å². The topological polar surface area (TPSA) is 44.8 Å². The van der Waals surface area contributed by atoms with Crippen molar-refractivity contribution in [3.63, 3.8) is 0 Å². The predicted octanol–water partition coefficient (Wildman–Crippen LogP) is 2.91. The van der Waals surface area contributed by atoms with E-state index in [1.807, 2.05) is 48.5 Å². The normalized spacial score (nSPS) is 22.5. The lowest BCUT2D eigenvalue weighted by atomic mass is 9.87. The summed E-state index contributed by atoms with van der Waals surface area (Å²) in [5.41, 5.74) is -0.805. The van der Waals surface area contributed by atoms with Crippen LogP contribution in [0.3, 0.4) is 0 Å². The fourth-order valence-electron chi connectivity index (χ4n) is 1.59. The summed E-state index contributed by atoms with van der Waals surface area (Å²) in [5, 5.41) is 0. The van der Waals surface area contributed by atoms with Crippen LogP contribution in [0.5, 0.6) is 0 Å². The molecule has 0 radical (unpaired) electrons. The molecule has 0 spiro atoms. The predicted molar refractivity (Wildman–Crippen MR) is 75.7 cm³/mol. The van der Waals surface area contributed by atoms with E-state index >= 15 is 0 Å². The van der Waals surface area contributed by atoms with Gasteiger partial charge in [-0.15, -0.1) is 0 Å². The molecule has 108 valence electrons. The van der Waals surface area contributed by atoms with Gasteiger partial charge in [-0.3, -0.25) is 0 Å². The van der Waals surface area contributed by atoms with Gasteiger partial charge in [0.15, 0.2) is 0 Å². The fourth-order valence-corrected chi connectivity index (χ4v) is 1.59. The molecule has 1 aliphatic rings. The second-order valence-corrected chi connectivity index (χ2v) is 6.98. The van der Waals surface area contributed by atoms with Gasteiger partial charge in [0.25, 0.3) is 0 Å². The van der Waals surface area contributed by atoms with Gasteiger partial charge in [-0.05, 0) is 61.4 Å². The van der Waals surface area contributed by atoms with Crippen LogP contribution in [-0.4, -0.2) is 29.9 Å². The summed E-state index contributed by atoms with van der Waals surface area (Å²) in [6, 6.07) is 0. The average molecular weight is 268 g/mol. The summed E-state index contributed by atoms with van der Waals surface area (Å²) in [6.45, 7) is 15.1. The smallest absolute Gasteiger partial charge is 0.457 e. The fraction of sp³-hybridized carbons (Fsp3) is 0.786. The molecule has 0 N–H and O–H groups in total. The standard InChI is InChI=1S/C14H25BO4/c1-10(11(16)17-12(2,3)4)9-15-18-13(5,6)14(7,8)19-15/h9H,1-8H3. The Labute approximate surface area is 116 Å². The Morgan fingerprint density at radius 3 is 1.89 bits per heavy atom. The first kappa shape index (κ1) is 16.2. The Hall–Kier alpha value is -0.805. The molecule has 0 aromatic rings. The Balaban J connectivity index is 2.75. The van der Waals surface area contributed by atoms with Crippen LogP contribution in [0.4, 0.5) is 0 Å². The molecule has 0 bridgehead atoms. The zero-order valence-electron chi connectivity index (χ0n) is 13.3. The van der Waals surface area contributed by atoms with Gasteiger partial charge in [0.2, 0.25) is 0 Å². The van der Waals surface area contributed by atoms with E-state index in [1.54, 1.807) is 12.9 Å². The van der Waals surface area contributed by atoms with E-state index in [9.17, 15) is 4.79 Å². The van der Waals surface area contributed by atoms with E-state index in [1.165, 1.54) is 0 Å². The Morgan fingerprint density at radius 2 is 1.53 bits per heavy atom. The third-order valence-corrected chi connectivity index (χ3v) is 3.38. The van der Waals surface area contributed by atoms with E-state index in [0.717, 1.165) is 0 Å². The minimum atomic E-state index is -0.516. The van der Waals surface area contributed by atoms with Gasteiger partial charge in [-0.1, -0.05) is 0 Å². The first-order valence-corrected chi connectivity index (χ1v) is 6.61. The van der Waals surface area contributed by atoms with E-state index in [2.05, 4.69) is 0 Å². The second kappa shape index (κ2) is 4.95. The minimum Gasteiger partial charge on any atom is -0.457 e. The molecule has 4 nitrogen and oxygen atoms in total. The summed E-state index contributed by atoms with van der Waals surface area (Å²) < 4.78 is 16.9. The van der Waals surface area contributed by atoms with Crippen LogP contribution in [0, 0.1) is 0 Å². The number of hydrogen-bond acceptors (Lipinski definition) is 4. The first-order chi connectivity index (χ1) is 8.34. The van der Waals surface area contributed by atoms with Gasteiger partial charge in [0.05, 0.1) is 11.2 Å². The van der Waals surface area contributed by atoms with Gasteiger partial charge >= 0.3 is 13.1 Å². The number of esters is 1. The van der Waals surface area contributed by atoms with Crippen molar-refractivity contribution in [3.05, 3.63) is 11.5 Å². The van der Waals surface area contributed by atoms with Crippen molar-refractivity contribution in [2.75, 3.05) is 0 Å². The van der Waals surface area contributed by atoms with Crippen LogP contribution in [0.1, 0.15) is 55.4 Å². The van der Waals surface area contributed by atoms with Gasteiger partial charge < -0.3 is 14.0 Å². The molecule has 5 heteroatoms. The van der Waals surface area contributed by atoms with Crippen LogP contribution < -0.4 is 0 Å². The van der Waals surface area contributed by atoms with Crippen molar-refractivity contribution in [3.8, 4) is 0 Å². The minimum absolute atomic E-state index is 0.345. The second-order valence-electron chi connectivity index (χ2n) is 6.98. The van der Waals surface area contributed by atoms with Gasteiger partial charge in [-0.2, -0.15) is 0 Å². The van der Waals surface area contributed by atoms with Gasteiger partial charge in [0, 0.05) is 5.57 Å². The maximum atomic E-state index is 11.9. The summed E-state index contributed by atoms with van der Waals surface area (Å²) >= 11 is 0. The van der Waals surface area contributed by atoms with Crippen LogP contribution in [0.15, 0.2) is 11.5 Å². The lowest BCUT2D eigenvalue weighted by Gasteiger charge is -2.32. The maximum absolute atomic E-state index is 11.9. The van der Waals surface area contributed by atoms with Crippen molar-refractivity contribution in [2.45, 2.75) is 72.2 Å². The summed E-state index contributed by atoms with van der Waals surface area (Å²) in [5.74, 6) is 1.33. The molecule has 0 atom stereocenters. The molecular formula is C14H25BO4. The van der Waals surface area contributed by atoms with Crippen LogP contribution >= 0.6 is 0 Å². The molecule has 0 aromatic carbocycles. The third-order valence-electron chi connectivity index (χ3n) is 3.38. The lowest BCUT2D eigenvalue weighted by molar-refractivity contribution is -0.149.